The molecular weight excluding hydrogens is 220 g/mol. The Morgan fingerprint density at radius 3 is 2.58 bits per heavy atom. The van der Waals surface area contributed by atoms with Crippen molar-refractivity contribution in [2.45, 2.75) is 37.7 Å². The molecule has 3 heteroatoms. The van der Waals surface area contributed by atoms with Gasteiger partial charge in [-0.25, -0.2) is 0 Å². The molecular formula is C9H13BrO2. The number of carbonyl (C=O) groups excluding carboxylic acids is 1. The van der Waals surface area contributed by atoms with Crippen LogP contribution in [0.4, 0.5) is 0 Å². The number of alkyl halides is 1. The molecule has 0 aromatic carbocycles. The fraction of sp³-hybridized carbons (Fsp3) is 0.889. The van der Waals surface area contributed by atoms with Crippen LogP contribution in [0.2, 0.25) is 0 Å². The summed E-state index contributed by atoms with van der Waals surface area (Å²) in [4.78, 5) is 11.1. The van der Waals surface area contributed by atoms with E-state index >= 15 is 0 Å². The molecule has 0 spiro atoms. The summed E-state index contributed by atoms with van der Waals surface area (Å²) in [7, 11) is 0. The summed E-state index contributed by atoms with van der Waals surface area (Å²) in [5.74, 6) is 0.741. The van der Waals surface area contributed by atoms with E-state index < -0.39 is 0 Å². The van der Waals surface area contributed by atoms with Crippen LogP contribution in [0.3, 0.4) is 0 Å². The van der Waals surface area contributed by atoms with Crippen LogP contribution in [0.5, 0.6) is 0 Å². The van der Waals surface area contributed by atoms with Crippen molar-refractivity contribution in [2.75, 3.05) is 5.33 Å². The molecule has 0 saturated heterocycles. The monoisotopic (exact) mass is 232 g/mol. The van der Waals surface area contributed by atoms with Gasteiger partial charge in [-0.05, 0) is 38.0 Å². The van der Waals surface area contributed by atoms with E-state index in [9.17, 15) is 4.79 Å². The molecule has 0 aliphatic heterocycles. The first kappa shape index (κ1) is 8.54. The molecule has 0 N–H and O–H groups in total. The summed E-state index contributed by atoms with van der Waals surface area (Å²) in [5.41, 5.74) is -0.0461. The van der Waals surface area contributed by atoms with E-state index in [4.69, 9.17) is 4.74 Å². The van der Waals surface area contributed by atoms with E-state index in [0.717, 1.165) is 25.2 Å². The topological polar surface area (TPSA) is 26.3 Å². The number of esters is 1. The van der Waals surface area contributed by atoms with E-state index in [1.807, 2.05) is 0 Å². The molecule has 68 valence electrons. The third-order valence-corrected chi connectivity index (χ3v) is 3.57. The first-order chi connectivity index (χ1) is 5.74. The Hall–Kier alpha value is -0.0500. The highest BCUT2D eigenvalue weighted by atomic mass is 79.9. The van der Waals surface area contributed by atoms with Gasteiger partial charge in [0.05, 0.1) is 0 Å². The minimum atomic E-state index is -0.0995. The van der Waals surface area contributed by atoms with Gasteiger partial charge in [0.25, 0.3) is 0 Å². The van der Waals surface area contributed by atoms with Gasteiger partial charge in [0.15, 0.2) is 0 Å². The quantitative estimate of drug-likeness (QED) is 0.540. The molecule has 0 aromatic heterocycles. The van der Waals surface area contributed by atoms with E-state index in [1.165, 1.54) is 12.8 Å². The van der Waals surface area contributed by atoms with Crippen molar-refractivity contribution in [3.63, 3.8) is 0 Å². The summed E-state index contributed by atoms with van der Waals surface area (Å²) in [6, 6.07) is 0. The summed E-state index contributed by atoms with van der Waals surface area (Å²) >= 11 is 3.11. The van der Waals surface area contributed by atoms with Gasteiger partial charge in [-0.15, -0.1) is 0 Å². The Kier molecular flexibility index (Phi) is 2.15. The highest BCUT2D eigenvalue weighted by Crippen LogP contribution is 2.49. The van der Waals surface area contributed by atoms with Gasteiger partial charge in [0, 0.05) is 0 Å². The molecule has 2 bridgehead atoms. The van der Waals surface area contributed by atoms with Gasteiger partial charge in [-0.2, -0.15) is 0 Å². The zero-order chi connectivity index (χ0) is 8.60. The van der Waals surface area contributed by atoms with Crippen LogP contribution < -0.4 is 0 Å². The lowest BCUT2D eigenvalue weighted by atomic mass is 9.97. The molecule has 2 fully saturated rings. The second-order valence-corrected chi connectivity index (χ2v) is 4.50. The van der Waals surface area contributed by atoms with Crippen molar-refractivity contribution in [3.8, 4) is 0 Å². The lowest BCUT2D eigenvalue weighted by molar-refractivity contribution is -0.155. The van der Waals surface area contributed by atoms with E-state index in [1.54, 1.807) is 0 Å². The van der Waals surface area contributed by atoms with Crippen LogP contribution in [0.25, 0.3) is 0 Å². The second kappa shape index (κ2) is 3.02. The summed E-state index contributed by atoms with van der Waals surface area (Å²) in [6.45, 7) is 0. The van der Waals surface area contributed by atoms with Gasteiger partial charge >= 0.3 is 5.97 Å². The number of hydrogen-bond acceptors (Lipinski definition) is 2. The minimum absolute atomic E-state index is 0.0461. The summed E-state index contributed by atoms with van der Waals surface area (Å²) in [6.07, 6.45) is 5.82. The largest absolute Gasteiger partial charge is 0.458 e. The number of ether oxygens (including phenoxy) is 1. The predicted octanol–water partition coefficient (Wildman–Crippen LogP) is 2.26. The van der Waals surface area contributed by atoms with E-state index in [0.29, 0.717) is 5.33 Å². The van der Waals surface area contributed by atoms with Gasteiger partial charge in [0.1, 0.15) is 10.9 Å². The molecule has 0 atom stereocenters. The van der Waals surface area contributed by atoms with Crippen LogP contribution in [0.15, 0.2) is 0 Å². The Balaban J connectivity index is 1.98. The SMILES string of the molecule is O=C(CBr)OC12CCC(CC1)C2. The van der Waals surface area contributed by atoms with Gasteiger partial charge in [-0.3, -0.25) is 4.79 Å². The maximum atomic E-state index is 11.1. The van der Waals surface area contributed by atoms with Crippen molar-refractivity contribution < 1.29 is 9.53 Å². The first-order valence-electron chi connectivity index (χ1n) is 4.52. The Morgan fingerprint density at radius 2 is 2.17 bits per heavy atom. The van der Waals surface area contributed by atoms with Gasteiger partial charge in [-0.1, -0.05) is 15.9 Å². The first-order valence-corrected chi connectivity index (χ1v) is 5.64. The molecule has 0 radical (unpaired) electrons. The van der Waals surface area contributed by atoms with Crippen molar-refractivity contribution in [3.05, 3.63) is 0 Å². The molecule has 2 aliphatic carbocycles. The smallest absolute Gasteiger partial charge is 0.317 e. The van der Waals surface area contributed by atoms with Gasteiger partial charge in [0.2, 0.25) is 0 Å². The van der Waals surface area contributed by atoms with Crippen LogP contribution >= 0.6 is 15.9 Å². The fourth-order valence-corrected chi connectivity index (χ4v) is 2.66. The van der Waals surface area contributed by atoms with Crippen LogP contribution in [0, 0.1) is 5.92 Å². The maximum Gasteiger partial charge on any atom is 0.317 e. The Bertz CT molecular complexity index is 195. The summed E-state index contributed by atoms with van der Waals surface area (Å²) in [5, 5.41) is 0.333. The Morgan fingerprint density at radius 1 is 1.50 bits per heavy atom. The number of fused-ring (bicyclic) bond motifs is 2. The van der Waals surface area contributed by atoms with E-state index in [-0.39, 0.29) is 11.6 Å². The average Bonchev–Trinajstić information content (AvgIpc) is 2.63. The third-order valence-electron chi connectivity index (χ3n) is 3.12. The zero-order valence-electron chi connectivity index (χ0n) is 7.01. The normalized spacial score (nSPS) is 38.6. The van der Waals surface area contributed by atoms with E-state index in [2.05, 4.69) is 15.9 Å². The molecule has 2 rings (SSSR count). The average molecular weight is 233 g/mol. The number of hydrogen-bond donors (Lipinski definition) is 0. The molecule has 0 aromatic rings. The highest BCUT2D eigenvalue weighted by Gasteiger charge is 2.47. The van der Waals surface area contributed by atoms with Crippen LogP contribution in [0.1, 0.15) is 32.1 Å². The fourth-order valence-electron chi connectivity index (χ4n) is 2.55. The third kappa shape index (κ3) is 1.39. The van der Waals surface area contributed by atoms with Crippen LogP contribution in [-0.2, 0) is 9.53 Å². The lowest BCUT2D eigenvalue weighted by Gasteiger charge is -2.26. The van der Waals surface area contributed by atoms with Crippen molar-refractivity contribution in [2.24, 2.45) is 5.92 Å². The standard InChI is InChI=1S/C9H13BrO2/c10-6-8(11)12-9-3-1-7(5-9)2-4-9/h7H,1-6H2. The summed E-state index contributed by atoms with van der Waals surface area (Å²) < 4.78 is 5.45. The maximum absolute atomic E-state index is 11.1. The highest BCUT2D eigenvalue weighted by molar-refractivity contribution is 9.09. The number of halogens is 1. The molecule has 2 aliphatic rings. The van der Waals surface area contributed by atoms with Gasteiger partial charge < -0.3 is 4.74 Å². The van der Waals surface area contributed by atoms with Crippen molar-refractivity contribution in [1.82, 2.24) is 0 Å². The van der Waals surface area contributed by atoms with Crippen molar-refractivity contribution in [1.29, 1.82) is 0 Å². The predicted molar refractivity (Wildman–Crippen MR) is 49.2 cm³/mol. The zero-order valence-corrected chi connectivity index (χ0v) is 8.60. The number of rotatable bonds is 2. The molecule has 2 nitrogen and oxygen atoms in total. The molecule has 0 heterocycles. The minimum Gasteiger partial charge on any atom is -0.458 e. The lowest BCUT2D eigenvalue weighted by Crippen LogP contribution is -2.30. The van der Waals surface area contributed by atoms with Crippen LogP contribution in [-0.4, -0.2) is 16.9 Å². The molecule has 0 unspecified atom stereocenters. The second-order valence-electron chi connectivity index (χ2n) is 3.94. The molecule has 2 saturated carbocycles. The molecule has 0 amide bonds. The Labute approximate surface area is 80.8 Å². The molecule has 12 heavy (non-hydrogen) atoms. The van der Waals surface area contributed by atoms with Crippen molar-refractivity contribution >= 4 is 21.9 Å². The number of carbonyl (C=O) groups is 1.